The summed E-state index contributed by atoms with van der Waals surface area (Å²) in [5, 5.41) is 20.5. The lowest BCUT2D eigenvalue weighted by Gasteiger charge is -2.22. The van der Waals surface area contributed by atoms with Gasteiger partial charge in [-0.05, 0) is 355 Å². The fourth-order valence-electron chi connectivity index (χ4n) is 24.2. The van der Waals surface area contributed by atoms with Gasteiger partial charge >= 0.3 is 0 Å². The zero-order valence-electron chi connectivity index (χ0n) is 94.3. The average molecular weight is 1940 g/mol. The average Bonchev–Trinajstić information content (AvgIpc) is 1.58. The molecule has 0 amide bonds. The summed E-state index contributed by atoms with van der Waals surface area (Å²) in [6.07, 6.45) is 13.6. The Hall–Kier alpha value is -13.0. The van der Waals surface area contributed by atoms with Crippen molar-refractivity contribution in [3.8, 4) is 67.4 Å². The molecule has 20 aromatic rings. The van der Waals surface area contributed by atoms with Crippen LogP contribution in [0.3, 0.4) is 0 Å². The number of rotatable bonds is 21. The monoisotopic (exact) mass is 1940 g/mol. The van der Waals surface area contributed by atoms with Gasteiger partial charge in [-0.1, -0.05) is 210 Å². The van der Waals surface area contributed by atoms with Gasteiger partial charge in [-0.2, -0.15) is 22.8 Å². The van der Waals surface area contributed by atoms with Crippen molar-refractivity contribution in [2.24, 2.45) is 35.2 Å². The lowest BCUT2D eigenvalue weighted by atomic mass is 9.81. The van der Waals surface area contributed by atoms with Gasteiger partial charge in [0.1, 0.15) is 40.8 Å². The second-order valence-corrected chi connectivity index (χ2v) is 43.7. The third-order valence-corrected chi connectivity index (χ3v) is 34.3. The third kappa shape index (κ3) is 19.7. The first kappa shape index (κ1) is 101. The molecule has 12 aromatic carbocycles. The molecule has 1 aliphatic rings. The Morgan fingerprint density at radius 2 is 0.662 bits per heavy atom. The maximum atomic E-state index is 8.19. The summed E-state index contributed by atoms with van der Waals surface area (Å²) in [6.45, 7) is 54.1. The van der Waals surface area contributed by atoms with Crippen molar-refractivity contribution in [2.75, 3.05) is 0 Å². The molecule has 145 heavy (non-hydrogen) atoms. The molecule has 0 atom stereocenters. The Kier molecular flexibility index (Phi) is 30.1. The Balaban J connectivity index is 0.000000126. The van der Waals surface area contributed by atoms with E-state index in [1.54, 1.807) is 12.3 Å². The smallest absolute Gasteiger partial charge is 0.220 e. The van der Waals surface area contributed by atoms with Crippen LogP contribution >= 0.6 is 11.3 Å². The zero-order chi connectivity index (χ0) is 105. The number of thiophene rings is 1. The highest BCUT2D eigenvalue weighted by molar-refractivity contribution is 7.17. The predicted molar refractivity (Wildman–Crippen MR) is 623 cm³/mol. The molecule has 0 saturated heterocycles. The number of para-hydroxylation sites is 1. The number of hydrogen-bond donors (Lipinski definition) is 0. The first-order chi connectivity index (χ1) is 70.5. The van der Waals surface area contributed by atoms with Crippen LogP contribution in [0.15, 0.2) is 271 Å². The zero-order valence-corrected chi connectivity index (χ0v) is 93.1. The molecular weight excluding hydrogens is 1780 g/mol. The van der Waals surface area contributed by atoms with Gasteiger partial charge in [0.05, 0.1) is 63.7 Å². The van der Waals surface area contributed by atoms with Crippen LogP contribution in [0.25, 0.3) is 164 Å². The lowest BCUT2D eigenvalue weighted by Crippen LogP contribution is -2.35. The largest absolute Gasteiger partial charge is 0.464 e. The van der Waals surface area contributed by atoms with Gasteiger partial charge in [0, 0.05) is 108 Å². The number of aryl methyl sites for hydroxylation is 9. The minimum Gasteiger partial charge on any atom is -0.464 e. The van der Waals surface area contributed by atoms with Crippen molar-refractivity contribution in [2.45, 2.75) is 271 Å². The molecule has 8 heterocycles. The summed E-state index contributed by atoms with van der Waals surface area (Å²) in [6, 6.07) is 92.4. The standard InChI is InChI=1S/C32H37N2.C32H36N.C25H28NO.C25H28NS.C23H28N/c1-8-23(9-2)24-14-15-26-25(18-24)17-22(6)33(7)32(26)28-19-31-29(16-21(28)5)27-12-10-11-13-30(27)34(31)20(3)4;1-8-22(9-2)23-14-15-25-24(18-23)17-21(4)33(7)31(25)27-19-30-28(16-20(27)3)26-12-10-11-13-29(26)32(30,5)6;2*1-6-18(7-2)19-8-9-22-21(14-19)13-17(4)26(5)25(22)23-15-24-20(10-11-27-24)12-16(23)3;1-6-18(7-2)19-12-13-22-20(15-19)14-17(4)24(5)23(22)21-11-9-8-10-16(21)3/h10-20,23H,8-9H2,1-7H3;10-19,22H,8-9H2,1-7H3;2*8-15,18H,6-7H2,1-5H3;8-15,18H,6-7H2,1-5H3/q5*+1/i;;;;9D,10D. The van der Waals surface area contributed by atoms with E-state index in [-0.39, 0.29) is 5.41 Å². The molecule has 1 aliphatic carbocycles. The Labute approximate surface area is 872 Å². The molecule has 8 heteroatoms. The fraction of sp³-hybridized carbons (Fsp3) is 0.336. The number of nitrogens with zero attached hydrogens (tertiary/aromatic N) is 6. The molecule has 0 fully saturated rings. The van der Waals surface area contributed by atoms with Crippen LogP contribution in [0.2, 0.25) is 0 Å². The predicted octanol–water partition coefficient (Wildman–Crippen LogP) is 36.2. The Bertz CT molecular complexity index is 8240. The second-order valence-electron chi connectivity index (χ2n) is 42.7. The van der Waals surface area contributed by atoms with E-state index in [0.717, 1.165) is 40.6 Å². The van der Waals surface area contributed by atoms with Gasteiger partial charge in [0.25, 0.3) is 0 Å². The number of hydrogen-bond acceptors (Lipinski definition) is 2. The first-order valence-corrected chi connectivity index (χ1v) is 54.9. The molecule has 0 saturated carbocycles. The highest BCUT2D eigenvalue weighted by atomic mass is 32.1. The van der Waals surface area contributed by atoms with E-state index in [1.165, 1.54) is 283 Å². The van der Waals surface area contributed by atoms with Crippen molar-refractivity contribution in [3.05, 3.63) is 362 Å². The molecule has 742 valence electrons. The number of pyridine rings is 5. The molecule has 0 aliphatic heterocycles. The number of benzene rings is 12. The molecular formula is C137H157N6OS+5. The first-order valence-electron chi connectivity index (χ1n) is 55.1. The van der Waals surface area contributed by atoms with Gasteiger partial charge in [0.15, 0.2) is 28.5 Å². The maximum Gasteiger partial charge on any atom is 0.220 e. The second kappa shape index (κ2) is 43.3. The molecule has 0 bridgehead atoms. The molecule has 0 unspecified atom stereocenters. The number of fused-ring (bicyclic) bond motifs is 13. The summed E-state index contributed by atoms with van der Waals surface area (Å²) in [5.41, 5.74) is 41.6. The molecule has 8 aromatic heterocycles. The van der Waals surface area contributed by atoms with E-state index >= 15 is 0 Å². The van der Waals surface area contributed by atoms with Crippen LogP contribution in [0.4, 0.5) is 0 Å². The van der Waals surface area contributed by atoms with Crippen molar-refractivity contribution in [1.82, 2.24) is 4.57 Å². The Morgan fingerprint density at radius 3 is 1.08 bits per heavy atom. The van der Waals surface area contributed by atoms with Crippen molar-refractivity contribution >= 4 is 108 Å². The summed E-state index contributed by atoms with van der Waals surface area (Å²) in [4.78, 5) is 0. The van der Waals surface area contributed by atoms with Crippen LogP contribution in [0.1, 0.15) is 295 Å². The molecule has 7 nitrogen and oxygen atoms in total. The van der Waals surface area contributed by atoms with Gasteiger partial charge in [-0.15, -0.1) is 11.3 Å². The van der Waals surface area contributed by atoms with E-state index < -0.39 is 0 Å². The van der Waals surface area contributed by atoms with Crippen LogP contribution in [0, 0.1) is 69.2 Å². The number of furan rings is 1. The number of aromatic nitrogens is 6. The fourth-order valence-corrected chi connectivity index (χ4v) is 25.0. The van der Waals surface area contributed by atoms with E-state index in [4.69, 9.17) is 7.16 Å². The third-order valence-electron chi connectivity index (χ3n) is 33.5. The SMILES string of the molecule is CCC(CC)c1ccc2c(-c3cc4c(cc3C)-c3ccccc3C4(C)C)[n+](C)c(C)cc2c1.CCC(CC)c1ccc2c(-c3cc4c(cc3C)c3ccccc3n4C(C)C)[n+](C)c(C)cc2c1.CCC(CC)c1ccc2c(-c3cc4occc4cc3C)[n+](C)c(C)cc2c1.CCC(CC)c1ccc2c(-c3cc4sccc4cc3C)[n+](C)c(C)cc2c1.[2H]c1cc([2H])c(C)c(-c2c3ccc(C(CC)CC)cc3cc(C)[n+]2C)c1. The normalized spacial score (nSPS) is 12.5. The minimum atomic E-state index is 0.00915. The molecule has 0 radical (unpaired) electrons. The lowest BCUT2D eigenvalue weighted by molar-refractivity contribution is -0.665. The topological polar surface area (TPSA) is 37.5 Å². The van der Waals surface area contributed by atoms with Gasteiger partial charge < -0.3 is 8.98 Å². The van der Waals surface area contributed by atoms with E-state index in [0.29, 0.717) is 47.7 Å². The van der Waals surface area contributed by atoms with Crippen LogP contribution in [-0.2, 0) is 40.7 Å². The van der Waals surface area contributed by atoms with Crippen molar-refractivity contribution in [1.29, 1.82) is 0 Å². The summed E-state index contributed by atoms with van der Waals surface area (Å²) >= 11 is 1.82. The molecule has 0 spiro atoms. The van der Waals surface area contributed by atoms with Crippen molar-refractivity contribution < 1.29 is 30.0 Å². The Morgan fingerprint density at radius 1 is 0.297 bits per heavy atom. The highest BCUT2D eigenvalue weighted by Crippen LogP contribution is 2.52. The van der Waals surface area contributed by atoms with E-state index in [2.05, 4.69) is 452 Å². The minimum absolute atomic E-state index is 0.00915. The van der Waals surface area contributed by atoms with E-state index in [9.17, 15) is 0 Å². The highest BCUT2D eigenvalue weighted by Gasteiger charge is 2.38. The van der Waals surface area contributed by atoms with Gasteiger partial charge in [0.2, 0.25) is 28.5 Å². The maximum absolute atomic E-state index is 8.19. The quantitative estimate of drug-likeness (QED) is 0.0661. The molecule has 0 N–H and O–H groups in total. The van der Waals surface area contributed by atoms with Crippen LogP contribution in [-0.4, -0.2) is 4.57 Å². The summed E-state index contributed by atoms with van der Waals surface area (Å²) in [7, 11) is 10.8. The molecule has 21 rings (SSSR count). The van der Waals surface area contributed by atoms with Crippen LogP contribution < -0.4 is 22.8 Å². The van der Waals surface area contributed by atoms with Gasteiger partial charge in [-0.3, -0.25) is 0 Å². The summed E-state index contributed by atoms with van der Waals surface area (Å²) in [5.74, 6) is 3.13. The summed E-state index contributed by atoms with van der Waals surface area (Å²) < 4.78 is 37.4. The van der Waals surface area contributed by atoms with Crippen LogP contribution in [0.5, 0.6) is 0 Å². The van der Waals surface area contributed by atoms with E-state index in [1.807, 2.05) is 30.4 Å². The van der Waals surface area contributed by atoms with Crippen molar-refractivity contribution in [3.63, 3.8) is 0 Å². The van der Waals surface area contributed by atoms with Gasteiger partial charge in [-0.25, -0.2) is 0 Å².